The monoisotopic (exact) mass is 273 g/mol. The molecule has 0 aliphatic carbocycles. The van der Waals surface area contributed by atoms with Crippen LogP contribution in [-0.2, 0) is 6.42 Å². The molecule has 0 aromatic heterocycles. The lowest BCUT2D eigenvalue weighted by molar-refractivity contribution is 0.473. The minimum atomic E-state index is -0.300. The molecule has 0 saturated heterocycles. The van der Waals surface area contributed by atoms with Gasteiger partial charge in [0.05, 0.1) is 0 Å². The van der Waals surface area contributed by atoms with Crippen molar-refractivity contribution in [2.24, 2.45) is 5.73 Å². The molecule has 0 saturated carbocycles. The van der Waals surface area contributed by atoms with Crippen LogP contribution in [0.3, 0.4) is 0 Å². The van der Waals surface area contributed by atoms with Gasteiger partial charge in [-0.15, -0.1) is 0 Å². The molecule has 2 nitrogen and oxygen atoms in total. The van der Waals surface area contributed by atoms with E-state index in [4.69, 9.17) is 10.5 Å². The van der Waals surface area contributed by atoms with Crippen LogP contribution in [0.2, 0.25) is 0 Å². The van der Waals surface area contributed by atoms with Crippen molar-refractivity contribution in [3.05, 3.63) is 59.4 Å². The molecule has 1 atom stereocenters. The summed E-state index contributed by atoms with van der Waals surface area (Å²) in [6.45, 7) is 4.06. The zero-order valence-electron chi connectivity index (χ0n) is 11.9. The smallest absolute Gasteiger partial charge is 0.130 e. The molecule has 2 aromatic rings. The normalized spacial score (nSPS) is 12.2. The van der Waals surface area contributed by atoms with Crippen molar-refractivity contribution in [3.8, 4) is 11.5 Å². The highest BCUT2D eigenvalue weighted by Gasteiger charge is 2.06. The molecule has 0 fully saturated rings. The fourth-order valence-corrected chi connectivity index (χ4v) is 2.06. The van der Waals surface area contributed by atoms with Crippen molar-refractivity contribution in [3.63, 3.8) is 0 Å². The Hall–Kier alpha value is -1.87. The lowest BCUT2D eigenvalue weighted by Gasteiger charge is -2.12. The fourth-order valence-electron chi connectivity index (χ4n) is 2.06. The Morgan fingerprint density at radius 3 is 2.65 bits per heavy atom. The number of hydrogen-bond acceptors (Lipinski definition) is 2. The first-order valence-corrected chi connectivity index (χ1v) is 6.87. The van der Waals surface area contributed by atoms with Crippen LogP contribution in [-0.4, -0.2) is 6.04 Å². The van der Waals surface area contributed by atoms with E-state index in [0.717, 1.165) is 24.2 Å². The minimum Gasteiger partial charge on any atom is -0.457 e. The van der Waals surface area contributed by atoms with Crippen LogP contribution in [0.4, 0.5) is 4.39 Å². The Morgan fingerprint density at radius 1 is 1.20 bits per heavy atom. The Bertz CT molecular complexity index is 583. The zero-order chi connectivity index (χ0) is 14.5. The molecule has 2 N–H and O–H groups in total. The van der Waals surface area contributed by atoms with E-state index in [9.17, 15) is 4.39 Å². The largest absolute Gasteiger partial charge is 0.457 e. The summed E-state index contributed by atoms with van der Waals surface area (Å²) in [6, 6.07) is 12.3. The van der Waals surface area contributed by atoms with Crippen molar-refractivity contribution in [1.29, 1.82) is 0 Å². The highest BCUT2D eigenvalue weighted by molar-refractivity contribution is 5.40. The van der Waals surface area contributed by atoms with E-state index in [0.29, 0.717) is 5.75 Å². The third kappa shape index (κ3) is 3.81. The molecular formula is C17H20FNO. The summed E-state index contributed by atoms with van der Waals surface area (Å²) in [5, 5.41) is 0. The SMILES string of the molecule is CCC(N)Cc1ccc(Oc2cccc(F)c2)c(C)c1. The van der Waals surface area contributed by atoms with Gasteiger partial charge in [0.15, 0.2) is 0 Å². The topological polar surface area (TPSA) is 35.2 Å². The predicted octanol–water partition coefficient (Wildman–Crippen LogP) is 4.21. The summed E-state index contributed by atoms with van der Waals surface area (Å²) in [6.07, 6.45) is 1.82. The van der Waals surface area contributed by atoms with Gasteiger partial charge in [-0.2, -0.15) is 0 Å². The van der Waals surface area contributed by atoms with Crippen molar-refractivity contribution in [1.82, 2.24) is 0 Å². The second-order valence-corrected chi connectivity index (χ2v) is 5.03. The Balaban J connectivity index is 2.13. The van der Waals surface area contributed by atoms with Gasteiger partial charge in [0.2, 0.25) is 0 Å². The van der Waals surface area contributed by atoms with Gasteiger partial charge < -0.3 is 10.5 Å². The summed E-state index contributed by atoms with van der Waals surface area (Å²) < 4.78 is 18.8. The molecule has 0 aliphatic heterocycles. The second kappa shape index (κ2) is 6.53. The predicted molar refractivity (Wildman–Crippen MR) is 79.6 cm³/mol. The molecule has 106 valence electrons. The van der Waals surface area contributed by atoms with Gasteiger partial charge in [-0.25, -0.2) is 4.39 Å². The Kier molecular flexibility index (Phi) is 4.74. The molecule has 20 heavy (non-hydrogen) atoms. The van der Waals surface area contributed by atoms with Crippen LogP contribution in [0.5, 0.6) is 11.5 Å². The number of halogens is 1. The lowest BCUT2D eigenvalue weighted by Crippen LogP contribution is -2.21. The van der Waals surface area contributed by atoms with Crippen LogP contribution in [0.1, 0.15) is 24.5 Å². The van der Waals surface area contributed by atoms with Gasteiger partial charge in [0.25, 0.3) is 0 Å². The van der Waals surface area contributed by atoms with E-state index in [2.05, 4.69) is 13.0 Å². The number of rotatable bonds is 5. The van der Waals surface area contributed by atoms with Crippen molar-refractivity contribution < 1.29 is 9.13 Å². The number of ether oxygens (including phenoxy) is 1. The van der Waals surface area contributed by atoms with Crippen molar-refractivity contribution in [2.45, 2.75) is 32.7 Å². The maximum absolute atomic E-state index is 13.1. The summed E-state index contributed by atoms with van der Waals surface area (Å²) in [4.78, 5) is 0. The molecule has 3 heteroatoms. The van der Waals surface area contributed by atoms with Gasteiger partial charge >= 0.3 is 0 Å². The number of hydrogen-bond donors (Lipinski definition) is 1. The quantitative estimate of drug-likeness (QED) is 0.885. The van der Waals surface area contributed by atoms with Crippen LogP contribution in [0, 0.1) is 12.7 Å². The molecule has 0 bridgehead atoms. The van der Waals surface area contributed by atoms with Crippen molar-refractivity contribution >= 4 is 0 Å². The minimum absolute atomic E-state index is 0.185. The molecule has 0 spiro atoms. The van der Waals surface area contributed by atoms with Gasteiger partial charge in [-0.1, -0.05) is 25.1 Å². The molecule has 0 aliphatic rings. The number of aryl methyl sites for hydroxylation is 1. The van der Waals surface area contributed by atoms with E-state index >= 15 is 0 Å². The maximum atomic E-state index is 13.1. The lowest BCUT2D eigenvalue weighted by atomic mass is 10.0. The van der Waals surface area contributed by atoms with E-state index in [-0.39, 0.29) is 11.9 Å². The molecule has 2 aromatic carbocycles. The van der Waals surface area contributed by atoms with Gasteiger partial charge in [0.1, 0.15) is 17.3 Å². The number of benzene rings is 2. The molecule has 0 heterocycles. The van der Waals surface area contributed by atoms with E-state index < -0.39 is 0 Å². The second-order valence-electron chi connectivity index (χ2n) is 5.03. The third-order valence-corrected chi connectivity index (χ3v) is 3.29. The van der Waals surface area contributed by atoms with Crippen molar-refractivity contribution in [2.75, 3.05) is 0 Å². The average Bonchev–Trinajstić information content (AvgIpc) is 2.42. The summed E-state index contributed by atoms with van der Waals surface area (Å²) >= 11 is 0. The van der Waals surface area contributed by atoms with Gasteiger partial charge in [0, 0.05) is 12.1 Å². The summed E-state index contributed by atoms with van der Waals surface area (Å²) in [5.41, 5.74) is 8.18. The van der Waals surface area contributed by atoms with Crippen LogP contribution < -0.4 is 10.5 Å². The third-order valence-electron chi connectivity index (χ3n) is 3.29. The van der Waals surface area contributed by atoms with E-state index in [1.165, 1.54) is 17.7 Å². The zero-order valence-corrected chi connectivity index (χ0v) is 11.9. The highest BCUT2D eigenvalue weighted by Crippen LogP contribution is 2.26. The first kappa shape index (κ1) is 14.5. The van der Waals surface area contributed by atoms with Crippen LogP contribution in [0.15, 0.2) is 42.5 Å². The Labute approximate surface area is 119 Å². The maximum Gasteiger partial charge on any atom is 0.130 e. The first-order chi connectivity index (χ1) is 9.58. The van der Waals surface area contributed by atoms with Crippen LogP contribution in [0.25, 0.3) is 0 Å². The molecule has 1 unspecified atom stereocenters. The van der Waals surface area contributed by atoms with Crippen LogP contribution >= 0.6 is 0 Å². The average molecular weight is 273 g/mol. The first-order valence-electron chi connectivity index (χ1n) is 6.87. The Morgan fingerprint density at radius 2 is 2.00 bits per heavy atom. The fraction of sp³-hybridized carbons (Fsp3) is 0.294. The number of nitrogens with two attached hydrogens (primary N) is 1. The molecular weight excluding hydrogens is 253 g/mol. The molecule has 2 rings (SSSR count). The van der Waals surface area contributed by atoms with Gasteiger partial charge in [-0.05, 0) is 49.1 Å². The van der Waals surface area contributed by atoms with E-state index in [1.54, 1.807) is 12.1 Å². The molecule has 0 amide bonds. The summed E-state index contributed by atoms with van der Waals surface area (Å²) in [5.74, 6) is 0.946. The highest BCUT2D eigenvalue weighted by atomic mass is 19.1. The van der Waals surface area contributed by atoms with E-state index in [1.807, 2.05) is 19.1 Å². The van der Waals surface area contributed by atoms with Gasteiger partial charge in [-0.3, -0.25) is 0 Å². The summed E-state index contributed by atoms with van der Waals surface area (Å²) in [7, 11) is 0. The standard InChI is InChI=1S/C17H20FNO/c1-3-15(19)10-13-7-8-17(12(2)9-13)20-16-6-4-5-14(18)11-16/h4-9,11,15H,3,10,19H2,1-2H3. The molecule has 0 radical (unpaired) electrons.